The van der Waals surface area contributed by atoms with E-state index in [1.165, 1.54) is 16.9 Å². The fraction of sp³-hybridized carbons (Fsp3) is 0.0909. The first kappa shape index (κ1) is 11.7. The lowest BCUT2D eigenvalue weighted by Gasteiger charge is -2.02. The quantitative estimate of drug-likeness (QED) is 0.855. The summed E-state index contributed by atoms with van der Waals surface area (Å²) < 4.78 is 28.1. The molecule has 0 radical (unpaired) electrons. The highest BCUT2D eigenvalue weighted by atomic mass is 79.9. The van der Waals surface area contributed by atoms with Crippen LogP contribution in [0, 0.1) is 23.0 Å². The van der Waals surface area contributed by atoms with E-state index in [-0.39, 0.29) is 12.1 Å². The van der Waals surface area contributed by atoms with Crippen LogP contribution in [-0.2, 0) is 6.42 Å². The fourth-order valence-electron chi connectivity index (χ4n) is 1.37. The van der Waals surface area contributed by atoms with Crippen LogP contribution in [0.15, 0.2) is 28.9 Å². The van der Waals surface area contributed by atoms with Gasteiger partial charge in [0.15, 0.2) is 5.82 Å². The second kappa shape index (κ2) is 4.63. The summed E-state index contributed by atoms with van der Waals surface area (Å²) in [4.78, 5) is 0. The van der Waals surface area contributed by atoms with Crippen molar-refractivity contribution in [1.82, 2.24) is 9.78 Å². The van der Waals surface area contributed by atoms with Gasteiger partial charge >= 0.3 is 0 Å². The van der Waals surface area contributed by atoms with Crippen LogP contribution in [-0.4, -0.2) is 9.78 Å². The Bertz CT molecular complexity index is 601. The first-order valence-corrected chi connectivity index (χ1v) is 5.47. The van der Waals surface area contributed by atoms with Gasteiger partial charge in [-0.2, -0.15) is 10.4 Å². The lowest BCUT2D eigenvalue weighted by atomic mass is 10.3. The molecule has 0 saturated carbocycles. The summed E-state index contributed by atoms with van der Waals surface area (Å²) in [6.07, 6.45) is 1.65. The lowest BCUT2D eigenvalue weighted by molar-refractivity contribution is 0.573. The van der Waals surface area contributed by atoms with Crippen LogP contribution < -0.4 is 0 Å². The second-order valence-corrected chi connectivity index (χ2v) is 4.15. The molecule has 0 amide bonds. The molecule has 2 aromatic rings. The standard InChI is InChI=1S/C11H6BrF2N3/c12-8-6-17(16-10(8)3-4-15)11-2-1-7(13)5-9(11)14/h1-2,5-6H,3H2. The number of rotatable bonds is 2. The fourth-order valence-corrected chi connectivity index (χ4v) is 1.79. The maximum Gasteiger partial charge on any atom is 0.151 e. The first-order chi connectivity index (χ1) is 8.11. The van der Waals surface area contributed by atoms with Gasteiger partial charge in [-0.1, -0.05) is 0 Å². The van der Waals surface area contributed by atoms with Crippen molar-refractivity contribution in [2.24, 2.45) is 0 Å². The van der Waals surface area contributed by atoms with Crippen LogP contribution in [0.4, 0.5) is 8.78 Å². The second-order valence-electron chi connectivity index (χ2n) is 3.30. The molecule has 0 bridgehead atoms. The summed E-state index contributed by atoms with van der Waals surface area (Å²) in [5.74, 6) is -1.35. The number of aromatic nitrogens is 2. The predicted octanol–water partition coefficient (Wildman–Crippen LogP) is 2.98. The van der Waals surface area contributed by atoms with E-state index in [9.17, 15) is 8.78 Å². The largest absolute Gasteiger partial charge is 0.237 e. The topological polar surface area (TPSA) is 41.6 Å². The summed E-state index contributed by atoms with van der Waals surface area (Å²) in [6, 6.07) is 5.18. The van der Waals surface area contributed by atoms with E-state index < -0.39 is 11.6 Å². The molecule has 0 aliphatic heterocycles. The SMILES string of the molecule is N#CCc1nn(-c2ccc(F)cc2F)cc1Br. The third-order valence-electron chi connectivity index (χ3n) is 2.14. The maximum atomic E-state index is 13.5. The number of benzene rings is 1. The number of halogens is 3. The van der Waals surface area contributed by atoms with Gasteiger partial charge in [0.25, 0.3) is 0 Å². The van der Waals surface area contributed by atoms with Crippen LogP contribution >= 0.6 is 15.9 Å². The molecule has 1 heterocycles. The van der Waals surface area contributed by atoms with Crippen LogP contribution in [0.25, 0.3) is 5.69 Å². The number of nitrogens with zero attached hydrogens (tertiary/aromatic N) is 3. The van der Waals surface area contributed by atoms with Gasteiger partial charge in [0, 0.05) is 12.3 Å². The van der Waals surface area contributed by atoms with Gasteiger partial charge in [-0.3, -0.25) is 0 Å². The highest BCUT2D eigenvalue weighted by molar-refractivity contribution is 9.10. The number of hydrogen-bond acceptors (Lipinski definition) is 2. The van der Waals surface area contributed by atoms with Crippen molar-refractivity contribution in [3.8, 4) is 11.8 Å². The highest BCUT2D eigenvalue weighted by Crippen LogP contribution is 2.20. The van der Waals surface area contributed by atoms with Gasteiger partial charge < -0.3 is 0 Å². The smallest absolute Gasteiger partial charge is 0.151 e. The third-order valence-corrected chi connectivity index (χ3v) is 2.81. The van der Waals surface area contributed by atoms with Gasteiger partial charge in [0.1, 0.15) is 11.5 Å². The van der Waals surface area contributed by atoms with E-state index in [1.54, 1.807) is 0 Å². The Balaban J connectivity index is 2.47. The molecule has 1 aromatic carbocycles. The number of nitriles is 1. The van der Waals surface area contributed by atoms with Crippen molar-refractivity contribution in [3.05, 3.63) is 46.2 Å². The van der Waals surface area contributed by atoms with Crippen molar-refractivity contribution in [2.75, 3.05) is 0 Å². The Morgan fingerprint density at radius 2 is 2.18 bits per heavy atom. The molecule has 2 rings (SSSR count). The van der Waals surface area contributed by atoms with Crippen molar-refractivity contribution in [3.63, 3.8) is 0 Å². The maximum absolute atomic E-state index is 13.5. The summed E-state index contributed by atoms with van der Waals surface area (Å²) in [5, 5.41) is 12.6. The van der Waals surface area contributed by atoms with Gasteiger partial charge in [0.2, 0.25) is 0 Å². The molecule has 0 N–H and O–H groups in total. The van der Waals surface area contributed by atoms with E-state index >= 15 is 0 Å². The zero-order chi connectivity index (χ0) is 12.4. The molecule has 0 unspecified atom stereocenters. The van der Waals surface area contributed by atoms with E-state index in [1.807, 2.05) is 6.07 Å². The predicted molar refractivity (Wildman–Crippen MR) is 60.5 cm³/mol. The van der Waals surface area contributed by atoms with Crippen molar-refractivity contribution in [1.29, 1.82) is 5.26 Å². The first-order valence-electron chi connectivity index (χ1n) is 4.68. The molecule has 0 aliphatic rings. The van der Waals surface area contributed by atoms with Crippen molar-refractivity contribution in [2.45, 2.75) is 6.42 Å². The average molecular weight is 298 g/mol. The van der Waals surface area contributed by atoms with E-state index in [0.717, 1.165) is 12.1 Å². The monoisotopic (exact) mass is 297 g/mol. The minimum absolute atomic E-state index is 0.121. The molecule has 17 heavy (non-hydrogen) atoms. The summed E-state index contributed by atoms with van der Waals surface area (Å²) in [7, 11) is 0. The molecule has 86 valence electrons. The zero-order valence-corrected chi connectivity index (χ0v) is 10.1. The van der Waals surface area contributed by atoms with Crippen LogP contribution in [0.5, 0.6) is 0 Å². The zero-order valence-electron chi connectivity index (χ0n) is 8.49. The van der Waals surface area contributed by atoms with Gasteiger partial charge in [0.05, 0.1) is 22.7 Å². The molecular weight excluding hydrogens is 292 g/mol. The van der Waals surface area contributed by atoms with E-state index in [0.29, 0.717) is 10.2 Å². The highest BCUT2D eigenvalue weighted by Gasteiger charge is 2.11. The summed E-state index contributed by atoms with van der Waals surface area (Å²) in [6.45, 7) is 0. The molecule has 6 heteroatoms. The summed E-state index contributed by atoms with van der Waals surface area (Å²) >= 11 is 3.22. The Labute approximate surface area is 104 Å². The molecule has 0 saturated heterocycles. The van der Waals surface area contributed by atoms with Gasteiger partial charge in [-0.15, -0.1) is 0 Å². The molecule has 0 fully saturated rings. The summed E-state index contributed by atoms with van der Waals surface area (Å²) in [5.41, 5.74) is 0.646. The third kappa shape index (κ3) is 2.34. The molecule has 1 aromatic heterocycles. The Hall–Kier alpha value is -1.74. The van der Waals surface area contributed by atoms with Crippen LogP contribution in [0.3, 0.4) is 0 Å². The molecule has 0 atom stereocenters. The van der Waals surface area contributed by atoms with Crippen LogP contribution in [0.1, 0.15) is 5.69 Å². The van der Waals surface area contributed by atoms with Crippen LogP contribution in [0.2, 0.25) is 0 Å². The molecule has 3 nitrogen and oxygen atoms in total. The molecule has 0 spiro atoms. The van der Waals surface area contributed by atoms with Crippen molar-refractivity contribution < 1.29 is 8.78 Å². The Morgan fingerprint density at radius 1 is 1.41 bits per heavy atom. The molecular formula is C11H6BrF2N3. The Kier molecular flexibility index (Phi) is 3.20. The minimum Gasteiger partial charge on any atom is -0.237 e. The average Bonchev–Trinajstić information content (AvgIpc) is 2.60. The van der Waals surface area contributed by atoms with Gasteiger partial charge in [-0.05, 0) is 28.1 Å². The Morgan fingerprint density at radius 3 is 2.82 bits per heavy atom. The number of hydrogen-bond donors (Lipinski definition) is 0. The van der Waals surface area contributed by atoms with Gasteiger partial charge in [-0.25, -0.2) is 13.5 Å². The molecule has 0 aliphatic carbocycles. The lowest BCUT2D eigenvalue weighted by Crippen LogP contribution is -1.99. The van der Waals surface area contributed by atoms with E-state index in [4.69, 9.17) is 5.26 Å². The minimum atomic E-state index is -0.705. The van der Waals surface area contributed by atoms with E-state index in [2.05, 4.69) is 21.0 Å². The normalized spacial score (nSPS) is 10.2. The van der Waals surface area contributed by atoms with Crippen molar-refractivity contribution >= 4 is 15.9 Å².